The maximum atomic E-state index is 5.44. The highest BCUT2D eigenvalue weighted by Gasteiger charge is 2.06. The summed E-state index contributed by atoms with van der Waals surface area (Å²) in [5, 5.41) is 3.21. The van der Waals surface area contributed by atoms with Crippen LogP contribution in [0.2, 0.25) is 0 Å². The summed E-state index contributed by atoms with van der Waals surface area (Å²) in [6.07, 6.45) is 9.16. The van der Waals surface area contributed by atoms with Crippen molar-refractivity contribution < 1.29 is 0 Å². The summed E-state index contributed by atoms with van der Waals surface area (Å²) >= 11 is 0. The molecule has 0 radical (unpaired) electrons. The maximum absolute atomic E-state index is 5.44. The monoisotopic (exact) mass is 218 g/mol. The van der Waals surface area contributed by atoms with Crippen LogP contribution in [0, 0.1) is 12.3 Å². The van der Waals surface area contributed by atoms with Crippen LogP contribution in [0.5, 0.6) is 0 Å². The fourth-order valence-corrected chi connectivity index (χ4v) is 1.31. The molecule has 86 valence electrons. The van der Waals surface area contributed by atoms with Crippen LogP contribution < -0.4 is 10.2 Å². The van der Waals surface area contributed by atoms with E-state index in [-0.39, 0.29) is 6.04 Å². The quantitative estimate of drug-likeness (QED) is 0.765. The minimum atomic E-state index is 0.0370. The fraction of sp³-hybridized carbons (Fsp3) is 0.500. The Hall–Kier alpha value is -1.76. The second-order valence-electron chi connectivity index (χ2n) is 3.79. The summed E-state index contributed by atoms with van der Waals surface area (Å²) in [6, 6.07) is 1.86. The Labute approximate surface area is 97.1 Å². The van der Waals surface area contributed by atoms with Crippen LogP contribution in [0.25, 0.3) is 0 Å². The van der Waals surface area contributed by atoms with Gasteiger partial charge in [-0.2, -0.15) is 4.98 Å². The van der Waals surface area contributed by atoms with Crippen LogP contribution in [0.3, 0.4) is 0 Å². The molecule has 0 aliphatic heterocycles. The predicted molar refractivity (Wildman–Crippen MR) is 67.5 cm³/mol. The number of nitrogens with zero attached hydrogens (tertiary/aromatic N) is 3. The number of nitrogens with one attached hydrogen (secondary N) is 1. The predicted octanol–water partition coefficient (Wildman–Crippen LogP) is 1.76. The first-order chi connectivity index (χ1) is 7.67. The second-order valence-corrected chi connectivity index (χ2v) is 3.79. The van der Waals surface area contributed by atoms with Gasteiger partial charge in [0.25, 0.3) is 0 Å². The van der Waals surface area contributed by atoms with Crippen LogP contribution in [-0.4, -0.2) is 30.1 Å². The van der Waals surface area contributed by atoms with Crippen molar-refractivity contribution in [2.75, 3.05) is 24.3 Å². The van der Waals surface area contributed by atoms with Gasteiger partial charge in [-0.3, -0.25) is 0 Å². The molecule has 0 saturated carbocycles. The molecule has 1 heterocycles. The van der Waals surface area contributed by atoms with E-state index in [1.54, 1.807) is 6.20 Å². The number of hydrogen-bond acceptors (Lipinski definition) is 4. The molecule has 1 aromatic rings. The first-order valence-electron chi connectivity index (χ1n) is 5.40. The van der Waals surface area contributed by atoms with Gasteiger partial charge in [0.2, 0.25) is 5.95 Å². The molecule has 1 rings (SSSR count). The van der Waals surface area contributed by atoms with E-state index in [2.05, 4.69) is 28.1 Å². The van der Waals surface area contributed by atoms with Gasteiger partial charge in [-0.15, -0.1) is 6.42 Å². The van der Waals surface area contributed by atoms with Crippen LogP contribution in [0.4, 0.5) is 11.8 Å². The van der Waals surface area contributed by atoms with E-state index in [4.69, 9.17) is 6.42 Å². The van der Waals surface area contributed by atoms with Gasteiger partial charge in [-0.1, -0.05) is 19.3 Å². The lowest BCUT2D eigenvalue weighted by Crippen LogP contribution is -2.19. The van der Waals surface area contributed by atoms with Gasteiger partial charge in [0.1, 0.15) is 5.82 Å². The minimum absolute atomic E-state index is 0.0370. The highest BCUT2D eigenvalue weighted by molar-refractivity contribution is 5.42. The van der Waals surface area contributed by atoms with E-state index >= 15 is 0 Å². The molecule has 0 spiro atoms. The number of hydrogen-bond donors (Lipinski definition) is 1. The molecule has 4 heteroatoms. The summed E-state index contributed by atoms with van der Waals surface area (Å²) in [5.74, 6) is 4.17. The Morgan fingerprint density at radius 2 is 2.31 bits per heavy atom. The molecular weight excluding hydrogens is 200 g/mol. The van der Waals surface area contributed by atoms with E-state index in [0.29, 0.717) is 5.95 Å². The van der Waals surface area contributed by atoms with E-state index < -0.39 is 0 Å². The van der Waals surface area contributed by atoms with Crippen molar-refractivity contribution >= 4 is 11.8 Å². The van der Waals surface area contributed by atoms with Crippen molar-refractivity contribution in [1.29, 1.82) is 0 Å². The molecular formula is C12H18N4. The molecule has 0 saturated heterocycles. The van der Waals surface area contributed by atoms with Crippen molar-refractivity contribution in [2.45, 2.75) is 25.8 Å². The molecule has 0 fully saturated rings. The SMILES string of the molecule is C#CC(CCC)Nc1ccnc(N(C)C)n1. The van der Waals surface area contributed by atoms with Crippen LogP contribution in [-0.2, 0) is 0 Å². The summed E-state index contributed by atoms with van der Waals surface area (Å²) in [6.45, 7) is 2.11. The van der Waals surface area contributed by atoms with Crippen molar-refractivity contribution in [2.24, 2.45) is 0 Å². The lowest BCUT2D eigenvalue weighted by atomic mass is 10.2. The Kier molecular flexibility index (Phi) is 4.59. The largest absolute Gasteiger partial charge is 0.356 e. The van der Waals surface area contributed by atoms with Gasteiger partial charge in [0, 0.05) is 20.3 Å². The highest BCUT2D eigenvalue weighted by atomic mass is 15.2. The normalized spacial score (nSPS) is 11.6. The zero-order valence-electron chi connectivity index (χ0n) is 10.1. The number of aromatic nitrogens is 2. The Balaban J connectivity index is 2.73. The second kappa shape index (κ2) is 5.96. The molecule has 1 aromatic heterocycles. The van der Waals surface area contributed by atoms with Gasteiger partial charge >= 0.3 is 0 Å². The topological polar surface area (TPSA) is 41.1 Å². The van der Waals surface area contributed by atoms with E-state index in [1.165, 1.54) is 0 Å². The number of terminal acetylenes is 1. The maximum Gasteiger partial charge on any atom is 0.226 e. The molecule has 0 aliphatic carbocycles. The fourth-order valence-electron chi connectivity index (χ4n) is 1.31. The average Bonchev–Trinajstić information content (AvgIpc) is 2.29. The Morgan fingerprint density at radius 1 is 1.56 bits per heavy atom. The van der Waals surface area contributed by atoms with E-state index in [0.717, 1.165) is 18.7 Å². The summed E-state index contributed by atoms with van der Waals surface area (Å²) in [4.78, 5) is 10.3. The third-order valence-electron chi connectivity index (χ3n) is 2.14. The molecule has 0 bridgehead atoms. The molecule has 1 N–H and O–H groups in total. The van der Waals surface area contributed by atoms with Crippen molar-refractivity contribution in [3.63, 3.8) is 0 Å². The average molecular weight is 218 g/mol. The van der Waals surface area contributed by atoms with Gasteiger partial charge in [0.05, 0.1) is 6.04 Å². The lowest BCUT2D eigenvalue weighted by molar-refractivity contribution is 0.751. The third kappa shape index (κ3) is 3.43. The standard InChI is InChI=1S/C12H18N4/c1-5-7-10(6-2)14-11-8-9-13-12(15-11)16(3)4/h2,8-10H,5,7H2,1,3-4H3,(H,13,14,15). The zero-order chi connectivity index (χ0) is 12.0. The molecule has 0 aromatic carbocycles. The Bertz CT molecular complexity index is 368. The van der Waals surface area contributed by atoms with Crippen LogP contribution in [0.15, 0.2) is 12.3 Å². The molecule has 0 aliphatic rings. The Morgan fingerprint density at radius 3 is 2.88 bits per heavy atom. The van der Waals surface area contributed by atoms with Gasteiger partial charge < -0.3 is 10.2 Å². The van der Waals surface area contributed by atoms with Crippen LogP contribution >= 0.6 is 0 Å². The number of rotatable bonds is 5. The molecule has 1 unspecified atom stereocenters. The molecule has 1 atom stereocenters. The summed E-state index contributed by atoms with van der Waals surface area (Å²) < 4.78 is 0. The minimum Gasteiger partial charge on any atom is -0.356 e. The van der Waals surface area contributed by atoms with Crippen LogP contribution in [0.1, 0.15) is 19.8 Å². The summed E-state index contributed by atoms with van der Waals surface area (Å²) in [5.41, 5.74) is 0. The smallest absolute Gasteiger partial charge is 0.226 e. The van der Waals surface area contributed by atoms with Gasteiger partial charge in [0.15, 0.2) is 0 Å². The molecule has 16 heavy (non-hydrogen) atoms. The van der Waals surface area contributed by atoms with Crippen molar-refractivity contribution in [3.8, 4) is 12.3 Å². The lowest BCUT2D eigenvalue weighted by Gasteiger charge is -2.15. The van der Waals surface area contributed by atoms with Gasteiger partial charge in [-0.05, 0) is 12.5 Å². The highest BCUT2D eigenvalue weighted by Crippen LogP contribution is 2.10. The van der Waals surface area contributed by atoms with Crippen molar-refractivity contribution in [3.05, 3.63) is 12.3 Å². The van der Waals surface area contributed by atoms with Gasteiger partial charge in [-0.25, -0.2) is 4.98 Å². The zero-order valence-corrected chi connectivity index (χ0v) is 10.1. The van der Waals surface area contributed by atoms with E-state index in [1.807, 2.05) is 25.1 Å². The van der Waals surface area contributed by atoms with E-state index in [9.17, 15) is 0 Å². The first-order valence-corrected chi connectivity index (χ1v) is 5.40. The number of anilines is 2. The summed E-state index contributed by atoms with van der Waals surface area (Å²) in [7, 11) is 3.81. The first kappa shape index (κ1) is 12.3. The van der Waals surface area contributed by atoms with Crippen molar-refractivity contribution in [1.82, 2.24) is 9.97 Å². The third-order valence-corrected chi connectivity index (χ3v) is 2.14. The molecule has 4 nitrogen and oxygen atoms in total. The molecule has 0 amide bonds.